The van der Waals surface area contributed by atoms with Gasteiger partial charge in [0.25, 0.3) is 5.56 Å². The minimum absolute atomic E-state index is 0.0841. The van der Waals surface area contributed by atoms with E-state index in [0.717, 1.165) is 12.0 Å². The van der Waals surface area contributed by atoms with Crippen molar-refractivity contribution in [3.63, 3.8) is 0 Å². The normalized spacial score (nSPS) is 11.7. The summed E-state index contributed by atoms with van der Waals surface area (Å²) < 4.78 is 1.21. The SMILES string of the molecule is CC(CCNC(=O)Cn1nc(-c2ccccc2)ccc1=O)c1ccccc1. The molecule has 0 aliphatic heterocycles. The van der Waals surface area contributed by atoms with Crippen LogP contribution in [0.4, 0.5) is 0 Å². The number of amides is 1. The average molecular weight is 361 g/mol. The Kier molecular flexibility index (Phi) is 6.15. The monoisotopic (exact) mass is 361 g/mol. The van der Waals surface area contributed by atoms with Crippen molar-refractivity contribution >= 4 is 5.91 Å². The van der Waals surface area contributed by atoms with Gasteiger partial charge >= 0.3 is 0 Å². The third-order valence-corrected chi connectivity index (χ3v) is 4.50. The summed E-state index contributed by atoms with van der Waals surface area (Å²) in [5.41, 5.74) is 2.53. The highest BCUT2D eigenvalue weighted by molar-refractivity contribution is 5.75. The Hall–Kier alpha value is -3.21. The molecule has 1 N–H and O–H groups in total. The molecule has 0 aliphatic carbocycles. The molecule has 2 aromatic carbocycles. The lowest BCUT2D eigenvalue weighted by molar-refractivity contribution is -0.121. The number of carbonyl (C=O) groups excluding carboxylic acids is 1. The standard InChI is InChI=1S/C22H23N3O2/c1-17(18-8-4-2-5-9-18)14-15-23-21(26)16-25-22(27)13-12-20(24-25)19-10-6-3-7-11-19/h2-13,17H,14-16H2,1H3,(H,23,26). The van der Waals surface area contributed by atoms with Crippen molar-refractivity contribution in [1.29, 1.82) is 0 Å². The fourth-order valence-electron chi connectivity index (χ4n) is 2.89. The third-order valence-electron chi connectivity index (χ3n) is 4.50. The minimum Gasteiger partial charge on any atom is -0.354 e. The molecule has 0 spiro atoms. The van der Waals surface area contributed by atoms with Crippen LogP contribution < -0.4 is 10.9 Å². The summed E-state index contributed by atoms with van der Waals surface area (Å²) in [5, 5.41) is 7.20. The van der Waals surface area contributed by atoms with Gasteiger partial charge in [0.15, 0.2) is 0 Å². The van der Waals surface area contributed by atoms with Crippen LogP contribution in [-0.2, 0) is 11.3 Å². The van der Waals surface area contributed by atoms with Gasteiger partial charge in [0.05, 0.1) is 5.69 Å². The second kappa shape index (κ2) is 8.94. The highest BCUT2D eigenvalue weighted by atomic mass is 16.2. The summed E-state index contributed by atoms with van der Waals surface area (Å²) >= 11 is 0. The Balaban J connectivity index is 1.57. The molecule has 0 saturated carbocycles. The number of nitrogens with one attached hydrogen (secondary N) is 1. The summed E-state index contributed by atoms with van der Waals surface area (Å²) in [4.78, 5) is 24.2. The van der Waals surface area contributed by atoms with E-state index in [-0.39, 0.29) is 18.0 Å². The predicted molar refractivity (Wildman–Crippen MR) is 106 cm³/mol. The summed E-state index contributed by atoms with van der Waals surface area (Å²) in [6.45, 7) is 2.61. The van der Waals surface area contributed by atoms with Crippen LogP contribution in [0.2, 0.25) is 0 Å². The maximum Gasteiger partial charge on any atom is 0.267 e. The molecule has 5 heteroatoms. The van der Waals surface area contributed by atoms with Crippen LogP contribution in [-0.4, -0.2) is 22.2 Å². The molecule has 27 heavy (non-hydrogen) atoms. The fraction of sp³-hybridized carbons (Fsp3) is 0.227. The predicted octanol–water partition coefficient (Wildman–Crippen LogP) is 3.22. The first-order valence-corrected chi connectivity index (χ1v) is 9.09. The second-order valence-electron chi connectivity index (χ2n) is 6.53. The van der Waals surface area contributed by atoms with Crippen molar-refractivity contribution < 1.29 is 4.79 Å². The van der Waals surface area contributed by atoms with E-state index < -0.39 is 0 Å². The van der Waals surface area contributed by atoms with E-state index in [1.165, 1.54) is 16.3 Å². The van der Waals surface area contributed by atoms with Crippen molar-refractivity contribution in [3.05, 3.63) is 88.7 Å². The summed E-state index contributed by atoms with van der Waals surface area (Å²) in [7, 11) is 0. The lowest BCUT2D eigenvalue weighted by Crippen LogP contribution is -2.34. The van der Waals surface area contributed by atoms with Gasteiger partial charge < -0.3 is 5.32 Å². The fourth-order valence-corrected chi connectivity index (χ4v) is 2.89. The Morgan fingerprint density at radius 1 is 1.00 bits per heavy atom. The van der Waals surface area contributed by atoms with E-state index in [0.29, 0.717) is 18.2 Å². The van der Waals surface area contributed by atoms with Gasteiger partial charge in [0.1, 0.15) is 6.54 Å². The quantitative estimate of drug-likeness (QED) is 0.703. The summed E-state index contributed by atoms with van der Waals surface area (Å²) in [5.74, 6) is 0.142. The van der Waals surface area contributed by atoms with Gasteiger partial charge in [0.2, 0.25) is 5.91 Å². The molecular weight excluding hydrogens is 338 g/mol. The van der Waals surface area contributed by atoms with Gasteiger partial charge in [-0.25, -0.2) is 4.68 Å². The van der Waals surface area contributed by atoms with Gasteiger partial charge in [0, 0.05) is 18.2 Å². The van der Waals surface area contributed by atoms with Crippen molar-refractivity contribution in [2.24, 2.45) is 0 Å². The van der Waals surface area contributed by atoms with Crippen LogP contribution in [0.3, 0.4) is 0 Å². The Morgan fingerprint density at radius 3 is 2.37 bits per heavy atom. The molecule has 1 heterocycles. The topological polar surface area (TPSA) is 64.0 Å². The summed E-state index contributed by atoms with van der Waals surface area (Å²) in [6, 6.07) is 22.9. The maximum absolute atomic E-state index is 12.2. The number of carbonyl (C=O) groups is 1. The molecule has 3 rings (SSSR count). The number of hydrogen-bond acceptors (Lipinski definition) is 3. The highest BCUT2D eigenvalue weighted by Gasteiger charge is 2.09. The highest BCUT2D eigenvalue weighted by Crippen LogP contribution is 2.17. The molecule has 1 aromatic heterocycles. The molecular formula is C22H23N3O2. The van der Waals surface area contributed by atoms with Crippen LogP contribution in [0.25, 0.3) is 11.3 Å². The second-order valence-corrected chi connectivity index (χ2v) is 6.53. The van der Waals surface area contributed by atoms with Crippen molar-refractivity contribution in [2.75, 3.05) is 6.54 Å². The molecule has 0 bridgehead atoms. The molecule has 138 valence electrons. The smallest absolute Gasteiger partial charge is 0.267 e. The molecule has 0 aliphatic rings. The van der Waals surface area contributed by atoms with E-state index in [4.69, 9.17) is 0 Å². The van der Waals surface area contributed by atoms with Gasteiger partial charge in [-0.3, -0.25) is 9.59 Å². The van der Waals surface area contributed by atoms with Gasteiger partial charge in [-0.15, -0.1) is 0 Å². The van der Waals surface area contributed by atoms with Gasteiger partial charge in [-0.1, -0.05) is 67.6 Å². The molecule has 0 fully saturated rings. The number of rotatable bonds is 7. The van der Waals surface area contributed by atoms with E-state index in [1.807, 2.05) is 48.5 Å². The number of aromatic nitrogens is 2. The lowest BCUT2D eigenvalue weighted by atomic mass is 9.98. The molecule has 0 saturated heterocycles. The van der Waals surface area contributed by atoms with Crippen LogP contribution >= 0.6 is 0 Å². The van der Waals surface area contributed by atoms with Crippen LogP contribution in [0.5, 0.6) is 0 Å². The Morgan fingerprint density at radius 2 is 1.67 bits per heavy atom. The number of nitrogens with zero attached hydrogens (tertiary/aromatic N) is 2. The van der Waals surface area contributed by atoms with Crippen molar-refractivity contribution in [3.8, 4) is 11.3 Å². The van der Waals surface area contributed by atoms with Crippen LogP contribution in [0.15, 0.2) is 77.6 Å². The largest absolute Gasteiger partial charge is 0.354 e. The molecule has 1 amide bonds. The Bertz CT molecular complexity index is 937. The van der Waals surface area contributed by atoms with Crippen molar-refractivity contribution in [1.82, 2.24) is 15.1 Å². The zero-order valence-electron chi connectivity index (χ0n) is 15.3. The number of benzene rings is 2. The maximum atomic E-state index is 12.2. The first-order valence-electron chi connectivity index (χ1n) is 9.09. The van der Waals surface area contributed by atoms with E-state index in [2.05, 4.69) is 29.5 Å². The molecule has 1 unspecified atom stereocenters. The van der Waals surface area contributed by atoms with Gasteiger partial charge in [-0.2, -0.15) is 5.10 Å². The molecule has 0 radical (unpaired) electrons. The lowest BCUT2D eigenvalue weighted by Gasteiger charge is -2.13. The molecule has 5 nitrogen and oxygen atoms in total. The Labute approximate surface area is 158 Å². The van der Waals surface area contributed by atoms with E-state index in [1.54, 1.807) is 6.07 Å². The summed E-state index contributed by atoms with van der Waals surface area (Å²) in [6.07, 6.45) is 0.835. The van der Waals surface area contributed by atoms with Gasteiger partial charge in [-0.05, 0) is 24.0 Å². The molecule has 1 atom stereocenters. The zero-order chi connectivity index (χ0) is 19.1. The number of hydrogen-bond donors (Lipinski definition) is 1. The van der Waals surface area contributed by atoms with Crippen LogP contribution in [0.1, 0.15) is 24.8 Å². The van der Waals surface area contributed by atoms with E-state index in [9.17, 15) is 9.59 Å². The first-order chi connectivity index (χ1) is 13.1. The first kappa shape index (κ1) is 18.6. The average Bonchev–Trinajstić information content (AvgIpc) is 2.71. The third kappa shape index (κ3) is 5.14. The minimum atomic E-state index is -0.289. The molecule has 3 aromatic rings. The van der Waals surface area contributed by atoms with Crippen molar-refractivity contribution in [2.45, 2.75) is 25.8 Å². The van der Waals surface area contributed by atoms with Crippen LogP contribution in [0, 0.1) is 0 Å². The van der Waals surface area contributed by atoms with E-state index >= 15 is 0 Å². The zero-order valence-corrected chi connectivity index (χ0v) is 15.3.